The average Bonchev–Trinajstić information content (AvgIpc) is 2.75. The molecule has 0 atom stereocenters. The average molecular weight is 496 g/mol. The number of halogens is 2. The van der Waals surface area contributed by atoms with Gasteiger partial charge in [-0.15, -0.1) is 0 Å². The Morgan fingerprint density at radius 3 is 2.33 bits per heavy atom. The molecule has 0 saturated heterocycles. The minimum absolute atomic E-state index is 0.470. The van der Waals surface area contributed by atoms with Gasteiger partial charge >= 0.3 is 0 Å². The lowest BCUT2D eigenvalue weighted by Gasteiger charge is -2.22. The maximum absolute atomic E-state index is 6.26. The largest absolute Gasteiger partial charge is 0.489 e. The molecule has 0 amide bonds. The van der Waals surface area contributed by atoms with E-state index in [1.54, 1.807) is 0 Å². The van der Waals surface area contributed by atoms with E-state index in [4.69, 9.17) is 16.3 Å². The highest BCUT2D eigenvalue weighted by Gasteiger charge is 2.08. The summed E-state index contributed by atoms with van der Waals surface area (Å²) in [7, 11) is 0. The zero-order valence-electron chi connectivity index (χ0n) is 18.4. The van der Waals surface area contributed by atoms with Crippen LogP contribution in [0.3, 0.4) is 0 Å². The summed E-state index contributed by atoms with van der Waals surface area (Å²) in [5.74, 6) is 0.901. The summed E-state index contributed by atoms with van der Waals surface area (Å²) in [6, 6.07) is 14.0. The number of nitrogens with one attached hydrogen (secondary N) is 1. The van der Waals surface area contributed by atoms with Gasteiger partial charge in [0.25, 0.3) is 0 Å². The standard InChI is InChI=1S/C25H36BrClN2O/c1-3-5-15-29(16-6-4-2)17-9-14-28-19-22-18-23(26)12-13-25(22)30-20-21-10-7-8-11-24(21)27/h7-8,10-13,18,28H,3-6,9,14-17,19-20H2,1-2H3. The van der Waals surface area contributed by atoms with Crippen LogP contribution < -0.4 is 10.1 Å². The van der Waals surface area contributed by atoms with Gasteiger partial charge in [-0.3, -0.25) is 0 Å². The third-order valence-electron chi connectivity index (χ3n) is 5.16. The Kier molecular flexibility index (Phi) is 12.5. The van der Waals surface area contributed by atoms with Crippen LogP contribution in [0, 0.1) is 0 Å². The molecule has 2 rings (SSSR count). The zero-order valence-corrected chi connectivity index (χ0v) is 20.8. The molecule has 0 unspecified atom stereocenters. The molecule has 0 fully saturated rings. The van der Waals surface area contributed by atoms with Crippen molar-refractivity contribution in [3.8, 4) is 5.75 Å². The van der Waals surface area contributed by atoms with Crippen molar-refractivity contribution < 1.29 is 4.74 Å². The number of benzene rings is 2. The highest BCUT2D eigenvalue weighted by atomic mass is 79.9. The first-order valence-corrected chi connectivity index (χ1v) is 12.4. The molecule has 0 saturated carbocycles. The van der Waals surface area contributed by atoms with Crippen molar-refractivity contribution in [2.75, 3.05) is 26.2 Å². The fourth-order valence-corrected chi connectivity index (χ4v) is 3.95. The van der Waals surface area contributed by atoms with Crippen LogP contribution in [-0.2, 0) is 13.2 Å². The lowest BCUT2D eigenvalue weighted by Crippen LogP contribution is -2.29. The fourth-order valence-electron chi connectivity index (χ4n) is 3.35. The summed E-state index contributed by atoms with van der Waals surface area (Å²) < 4.78 is 7.15. The minimum Gasteiger partial charge on any atom is -0.489 e. The highest BCUT2D eigenvalue weighted by molar-refractivity contribution is 9.10. The number of hydrogen-bond donors (Lipinski definition) is 1. The second-order valence-electron chi connectivity index (χ2n) is 7.71. The van der Waals surface area contributed by atoms with Gasteiger partial charge in [-0.2, -0.15) is 0 Å². The molecule has 5 heteroatoms. The van der Waals surface area contributed by atoms with Crippen LogP contribution in [0.4, 0.5) is 0 Å². The number of unbranched alkanes of at least 4 members (excludes halogenated alkanes) is 2. The van der Waals surface area contributed by atoms with E-state index in [1.807, 2.05) is 36.4 Å². The van der Waals surface area contributed by atoms with Gasteiger partial charge in [0, 0.05) is 27.2 Å². The van der Waals surface area contributed by atoms with Crippen molar-refractivity contribution in [1.82, 2.24) is 10.2 Å². The lowest BCUT2D eigenvalue weighted by molar-refractivity contribution is 0.260. The molecule has 0 spiro atoms. The van der Waals surface area contributed by atoms with Gasteiger partial charge < -0.3 is 15.0 Å². The maximum atomic E-state index is 6.26. The molecular weight excluding hydrogens is 460 g/mol. The van der Waals surface area contributed by atoms with E-state index >= 15 is 0 Å². The summed E-state index contributed by atoms with van der Waals surface area (Å²) >= 11 is 9.84. The minimum atomic E-state index is 0.470. The molecule has 0 aromatic heterocycles. The maximum Gasteiger partial charge on any atom is 0.124 e. The molecule has 0 aliphatic rings. The van der Waals surface area contributed by atoms with Crippen molar-refractivity contribution in [3.05, 3.63) is 63.1 Å². The Balaban J connectivity index is 1.81. The molecule has 3 nitrogen and oxygen atoms in total. The molecule has 0 heterocycles. The molecule has 2 aromatic rings. The molecule has 0 bridgehead atoms. The van der Waals surface area contributed by atoms with E-state index < -0.39 is 0 Å². The van der Waals surface area contributed by atoms with E-state index in [0.717, 1.165) is 45.9 Å². The highest BCUT2D eigenvalue weighted by Crippen LogP contribution is 2.25. The Hall–Kier alpha value is -1.07. The van der Waals surface area contributed by atoms with E-state index in [-0.39, 0.29) is 0 Å². The van der Waals surface area contributed by atoms with Gasteiger partial charge in [-0.1, -0.05) is 72.4 Å². The van der Waals surface area contributed by atoms with Gasteiger partial charge in [0.05, 0.1) is 0 Å². The first-order chi connectivity index (χ1) is 14.6. The van der Waals surface area contributed by atoms with Gasteiger partial charge in [0.2, 0.25) is 0 Å². The molecular formula is C25H36BrClN2O. The monoisotopic (exact) mass is 494 g/mol. The first-order valence-electron chi connectivity index (χ1n) is 11.2. The molecule has 1 N–H and O–H groups in total. The van der Waals surface area contributed by atoms with Crippen molar-refractivity contribution in [3.63, 3.8) is 0 Å². The number of rotatable bonds is 15. The summed E-state index contributed by atoms with van der Waals surface area (Å²) in [5, 5.41) is 4.33. The van der Waals surface area contributed by atoms with E-state index in [0.29, 0.717) is 6.61 Å². The quantitative estimate of drug-likeness (QED) is 0.268. The predicted octanol–water partition coefficient (Wildman–Crippen LogP) is 7.06. The van der Waals surface area contributed by atoms with E-state index in [9.17, 15) is 0 Å². The SMILES string of the molecule is CCCCN(CCCC)CCCNCc1cc(Br)ccc1OCc1ccccc1Cl. The number of ether oxygens (including phenoxy) is 1. The Morgan fingerprint density at radius 1 is 0.933 bits per heavy atom. The van der Waals surface area contributed by atoms with E-state index in [1.165, 1.54) is 45.3 Å². The van der Waals surface area contributed by atoms with Crippen LogP contribution in [0.25, 0.3) is 0 Å². The summed E-state index contributed by atoms with van der Waals surface area (Å²) in [6.07, 6.45) is 6.28. The molecule has 0 aliphatic heterocycles. The Morgan fingerprint density at radius 2 is 1.63 bits per heavy atom. The van der Waals surface area contributed by atoms with Crippen LogP contribution in [-0.4, -0.2) is 31.1 Å². The topological polar surface area (TPSA) is 24.5 Å². The number of nitrogens with zero attached hydrogens (tertiary/aromatic N) is 1. The van der Waals surface area contributed by atoms with Gasteiger partial charge in [-0.25, -0.2) is 0 Å². The Labute approximate surface area is 196 Å². The second kappa shape index (κ2) is 14.9. The molecule has 0 aliphatic carbocycles. The molecule has 30 heavy (non-hydrogen) atoms. The van der Waals surface area contributed by atoms with Crippen molar-refractivity contribution in [2.45, 2.75) is 59.1 Å². The second-order valence-corrected chi connectivity index (χ2v) is 9.03. The third kappa shape index (κ3) is 9.38. The Bertz CT molecular complexity index is 733. The van der Waals surface area contributed by atoms with Crippen LogP contribution in [0.15, 0.2) is 46.9 Å². The normalized spacial score (nSPS) is 11.2. The van der Waals surface area contributed by atoms with Crippen LogP contribution in [0.1, 0.15) is 57.1 Å². The van der Waals surface area contributed by atoms with E-state index in [2.05, 4.69) is 46.1 Å². The summed E-state index contributed by atoms with van der Waals surface area (Å²) in [6.45, 7) is 10.4. The molecule has 2 aromatic carbocycles. The van der Waals surface area contributed by atoms with Gasteiger partial charge in [-0.05, 0) is 69.7 Å². The number of hydrogen-bond acceptors (Lipinski definition) is 3. The van der Waals surface area contributed by atoms with Gasteiger partial charge in [0.15, 0.2) is 0 Å². The lowest BCUT2D eigenvalue weighted by atomic mass is 10.2. The third-order valence-corrected chi connectivity index (χ3v) is 6.02. The predicted molar refractivity (Wildman–Crippen MR) is 133 cm³/mol. The van der Waals surface area contributed by atoms with Gasteiger partial charge in [0.1, 0.15) is 12.4 Å². The smallest absolute Gasteiger partial charge is 0.124 e. The van der Waals surface area contributed by atoms with Crippen LogP contribution >= 0.6 is 27.5 Å². The van der Waals surface area contributed by atoms with Crippen molar-refractivity contribution in [2.24, 2.45) is 0 Å². The molecule has 166 valence electrons. The van der Waals surface area contributed by atoms with Crippen molar-refractivity contribution >= 4 is 27.5 Å². The summed E-state index contributed by atoms with van der Waals surface area (Å²) in [4.78, 5) is 2.62. The first kappa shape index (κ1) is 25.2. The van der Waals surface area contributed by atoms with Crippen LogP contribution in [0.5, 0.6) is 5.75 Å². The molecule has 0 radical (unpaired) electrons. The zero-order chi connectivity index (χ0) is 21.6. The van der Waals surface area contributed by atoms with Crippen LogP contribution in [0.2, 0.25) is 5.02 Å². The fraction of sp³-hybridized carbons (Fsp3) is 0.520. The van der Waals surface area contributed by atoms with Crippen molar-refractivity contribution in [1.29, 1.82) is 0 Å². The summed E-state index contributed by atoms with van der Waals surface area (Å²) in [5.41, 5.74) is 2.16.